The summed E-state index contributed by atoms with van der Waals surface area (Å²) in [7, 11) is 0. The van der Waals surface area contributed by atoms with E-state index in [1.165, 1.54) is 6.07 Å². The molecular formula is C15H15NO3. The number of hydrogen-bond acceptors (Lipinski definition) is 3. The highest BCUT2D eigenvalue weighted by molar-refractivity contribution is 5.93. The van der Waals surface area contributed by atoms with E-state index in [1.54, 1.807) is 18.2 Å². The quantitative estimate of drug-likeness (QED) is 0.824. The molecule has 0 fully saturated rings. The molecule has 0 amide bonds. The first-order chi connectivity index (χ1) is 9.13. The molecular weight excluding hydrogens is 242 g/mol. The van der Waals surface area contributed by atoms with Crippen molar-refractivity contribution in [1.29, 1.82) is 0 Å². The van der Waals surface area contributed by atoms with Gasteiger partial charge in [-0.25, -0.2) is 4.79 Å². The van der Waals surface area contributed by atoms with Crippen LogP contribution in [0.2, 0.25) is 0 Å². The maximum absolute atomic E-state index is 11.2. The zero-order valence-corrected chi connectivity index (χ0v) is 10.6. The van der Waals surface area contributed by atoms with E-state index in [0.29, 0.717) is 11.4 Å². The Morgan fingerprint density at radius 2 is 1.95 bits per heavy atom. The van der Waals surface area contributed by atoms with Crippen LogP contribution in [0.3, 0.4) is 0 Å². The van der Waals surface area contributed by atoms with E-state index < -0.39 is 5.97 Å². The van der Waals surface area contributed by atoms with Crippen molar-refractivity contribution in [2.45, 2.75) is 13.3 Å². The van der Waals surface area contributed by atoms with Gasteiger partial charge < -0.3 is 15.6 Å². The number of anilines is 1. The van der Waals surface area contributed by atoms with Crippen LogP contribution in [0, 0.1) is 0 Å². The average molecular weight is 257 g/mol. The van der Waals surface area contributed by atoms with E-state index in [-0.39, 0.29) is 11.3 Å². The topological polar surface area (TPSA) is 72.5 Å². The molecule has 3 N–H and O–H groups in total. The van der Waals surface area contributed by atoms with Gasteiger partial charge in [-0.15, -0.1) is 0 Å². The zero-order valence-electron chi connectivity index (χ0n) is 10.6. The van der Waals surface area contributed by atoms with Gasteiger partial charge in [-0.3, -0.25) is 0 Å². The van der Waals surface area contributed by atoms with Crippen molar-refractivity contribution in [2.24, 2.45) is 0 Å². The van der Waals surface area contributed by atoms with Gasteiger partial charge in [0.25, 0.3) is 0 Å². The van der Waals surface area contributed by atoms with Crippen LogP contribution in [0.5, 0.6) is 11.5 Å². The van der Waals surface area contributed by atoms with Gasteiger partial charge in [-0.1, -0.05) is 31.2 Å². The van der Waals surface area contributed by atoms with Crippen molar-refractivity contribution in [3.8, 4) is 11.5 Å². The van der Waals surface area contributed by atoms with E-state index in [9.17, 15) is 4.79 Å². The Hall–Kier alpha value is -2.49. The highest BCUT2D eigenvalue weighted by Crippen LogP contribution is 2.33. The monoisotopic (exact) mass is 257 g/mol. The second-order valence-electron chi connectivity index (χ2n) is 4.09. The Labute approximate surface area is 111 Å². The molecule has 0 aromatic heterocycles. The van der Waals surface area contributed by atoms with E-state index in [1.807, 2.05) is 25.1 Å². The number of hydrogen-bond donors (Lipinski definition) is 2. The molecule has 0 aliphatic carbocycles. The van der Waals surface area contributed by atoms with E-state index in [4.69, 9.17) is 15.6 Å². The number of aryl methyl sites for hydroxylation is 1. The zero-order chi connectivity index (χ0) is 13.8. The van der Waals surface area contributed by atoms with Crippen LogP contribution >= 0.6 is 0 Å². The Morgan fingerprint density at radius 1 is 1.21 bits per heavy atom. The molecule has 0 heterocycles. The Balaban J connectivity index is 2.46. The lowest BCUT2D eigenvalue weighted by Crippen LogP contribution is -2.03. The van der Waals surface area contributed by atoms with E-state index in [0.717, 1.165) is 12.0 Å². The molecule has 0 bridgehead atoms. The van der Waals surface area contributed by atoms with Gasteiger partial charge in [-0.2, -0.15) is 0 Å². The van der Waals surface area contributed by atoms with Gasteiger partial charge in [0.2, 0.25) is 0 Å². The summed E-state index contributed by atoms with van der Waals surface area (Å²) in [5.41, 5.74) is 7.18. The van der Waals surface area contributed by atoms with Crippen molar-refractivity contribution in [3.63, 3.8) is 0 Å². The minimum absolute atomic E-state index is 0.0610. The van der Waals surface area contributed by atoms with E-state index >= 15 is 0 Å². The number of nitrogen functional groups attached to an aromatic ring is 1. The third kappa shape index (κ3) is 2.68. The van der Waals surface area contributed by atoms with Crippen LogP contribution in [0.15, 0.2) is 42.5 Å². The molecule has 0 spiro atoms. The molecule has 2 aromatic carbocycles. The number of carboxylic acid groups (broad SMARTS) is 1. The first-order valence-electron chi connectivity index (χ1n) is 6.01. The molecule has 0 aliphatic heterocycles. The minimum Gasteiger partial charge on any atom is -0.478 e. The molecule has 4 heteroatoms. The number of para-hydroxylation sites is 2. The summed E-state index contributed by atoms with van der Waals surface area (Å²) in [6.45, 7) is 2.01. The van der Waals surface area contributed by atoms with Crippen molar-refractivity contribution in [1.82, 2.24) is 0 Å². The summed E-state index contributed by atoms with van der Waals surface area (Å²) in [6, 6.07) is 12.2. The third-order valence-corrected chi connectivity index (χ3v) is 2.84. The first-order valence-corrected chi connectivity index (χ1v) is 6.01. The molecule has 0 atom stereocenters. The van der Waals surface area contributed by atoms with Gasteiger partial charge >= 0.3 is 5.97 Å². The number of rotatable bonds is 4. The number of nitrogens with two attached hydrogens (primary N) is 1. The Bertz CT molecular complexity index is 608. The minimum atomic E-state index is -1.06. The fourth-order valence-corrected chi connectivity index (χ4v) is 1.84. The molecule has 0 saturated carbocycles. The molecule has 98 valence electrons. The highest BCUT2D eigenvalue weighted by atomic mass is 16.5. The largest absolute Gasteiger partial charge is 0.478 e. The molecule has 2 aromatic rings. The van der Waals surface area contributed by atoms with Crippen molar-refractivity contribution in [3.05, 3.63) is 53.6 Å². The van der Waals surface area contributed by atoms with Crippen LogP contribution in [0.25, 0.3) is 0 Å². The van der Waals surface area contributed by atoms with Gasteiger partial charge in [-0.05, 0) is 30.2 Å². The van der Waals surface area contributed by atoms with Gasteiger partial charge in [0, 0.05) is 0 Å². The predicted octanol–water partition coefficient (Wildman–Crippen LogP) is 3.32. The van der Waals surface area contributed by atoms with Crippen molar-refractivity contribution in [2.75, 3.05) is 5.73 Å². The molecule has 19 heavy (non-hydrogen) atoms. The fraction of sp³-hybridized carbons (Fsp3) is 0.133. The SMILES string of the molecule is CCc1ccccc1Oc1c(N)cccc1C(=O)O. The summed E-state index contributed by atoms with van der Waals surface area (Å²) in [6.07, 6.45) is 0.797. The summed E-state index contributed by atoms with van der Waals surface area (Å²) in [5.74, 6) is -0.238. The Kier molecular flexibility index (Phi) is 3.71. The lowest BCUT2D eigenvalue weighted by atomic mass is 10.1. The van der Waals surface area contributed by atoms with Crippen LogP contribution < -0.4 is 10.5 Å². The standard InChI is InChI=1S/C15H15NO3/c1-2-10-6-3-4-9-13(10)19-14-11(15(17)18)7-5-8-12(14)16/h3-9H,2,16H2,1H3,(H,17,18). The number of ether oxygens (including phenoxy) is 1. The summed E-state index contributed by atoms with van der Waals surface area (Å²) in [5, 5.41) is 9.16. The number of carbonyl (C=O) groups is 1. The van der Waals surface area contributed by atoms with Gasteiger partial charge in [0.05, 0.1) is 5.69 Å². The van der Waals surface area contributed by atoms with Crippen LogP contribution in [-0.2, 0) is 6.42 Å². The lowest BCUT2D eigenvalue weighted by Gasteiger charge is -2.13. The number of aromatic carboxylic acids is 1. The van der Waals surface area contributed by atoms with Crippen LogP contribution in [0.4, 0.5) is 5.69 Å². The lowest BCUT2D eigenvalue weighted by molar-refractivity contribution is 0.0694. The Morgan fingerprint density at radius 3 is 2.63 bits per heavy atom. The predicted molar refractivity (Wildman–Crippen MR) is 73.7 cm³/mol. The van der Waals surface area contributed by atoms with Crippen LogP contribution in [-0.4, -0.2) is 11.1 Å². The maximum atomic E-state index is 11.2. The van der Waals surface area contributed by atoms with Gasteiger partial charge in [0.15, 0.2) is 5.75 Å². The van der Waals surface area contributed by atoms with Crippen molar-refractivity contribution < 1.29 is 14.6 Å². The smallest absolute Gasteiger partial charge is 0.339 e. The number of carboxylic acids is 1. The molecule has 0 aliphatic rings. The van der Waals surface area contributed by atoms with Crippen LogP contribution in [0.1, 0.15) is 22.8 Å². The normalized spacial score (nSPS) is 10.2. The molecule has 4 nitrogen and oxygen atoms in total. The average Bonchev–Trinajstić information content (AvgIpc) is 2.41. The third-order valence-electron chi connectivity index (χ3n) is 2.84. The first kappa shape index (κ1) is 13.0. The second kappa shape index (κ2) is 5.44. The fourth-order valence-electron chi connectivity index (χ4n) is 1.84. The number of benzene rings is 2. The molecule has 0 radical (unpaired) electrons. The summed E-state index contributed by atoms with van der Waals surface area (Å²) in [4.78, 5) is 11.2. The van der Waals surface area contributed by atoms with E-state index in [2.05, 4.69) is 0 Å². The molecule has 0 unspecified atom stereocenters. The van der Waals surface area contributed by atoms with Gasteiger partial charge in [0.1, 0.15) is 11.3 Å². The maximum Gasteiger partial charge on any atom is 0.339 e. The summed E-state index contributed by atoms with van der Waals surface area (Å²) < 4.78 is 5.72. The molecule has 0 saturated heterocycles. The second-order valence-corrected chi connectivity index (χ2v) is 4.09. The highest BCUT2D eigenvalue weighted by Gasteiger charge is 2.15. The van der Waals surface area contributed by atoms with Crippen molar-refractivity contribution >= 4 is 11.7 Å². The summed E-state index contributed by atoms with van der Waals surface area (Å²) >= 11 is 0. The molecule has 2 rings (SSSR count).